The number of hydrogen-bond acceptors (Lipinski definition) is 2. The maximum absolute atomic E-state index is 5.96. The highest BCUT2D eigenvalue weighted by atomic mass is 14.9. The fourth-order valence-electron chi connectivity index (χ4n) is 1.80. The largest absolute Gasteiger partial charge is 0.306 e. The number of nitrogens with two attached hydrogens (primary N) is 1. The molecule has 0 aromatic heterocycles. The van der Waals surface area contributed by atoms with Gasteiger partial charge < -0.3 is 5.73 Å². The Kier molecular flexibility index (Phi) is 3.52. The molecule has 1 fully saturated rings. The number of allylic oxidation sites excluding steroid dienone is 1. The van der Waals surface area contributed by atoms with E-state index in [2.05, 4.69) is 11.6 Å². The fraction of sp³-hybridized carbons (Fsp3) is 0.357. The molecule has 1 unspecified atom stereocenters. The summed E-state index contributed by atoms with van der Waals surface area (Å²) in [6, 6.07) is 9.92. The molecule has 2 N–H and O–H groups in total. The summed E-state index contributed by atoms with van der Waals surface area (Å²) in [5, 5.41) is 0. The molecule has 2 nitrogen and oxygen atoms in total. The summed E-state index contributed by atoms with van der Waals surface area (Å²) in [4.78, 5) is 4.35. The van der Waals surface area contributed by atoms with E-state index in [4.69, 9.17) is 5.73 Å². The second-order valence-corrected chi connectivity index (χ2v) is 4.34. The van der Waals surface area contributed by atoms with Crippen molar-refractivity contribution in [2.45, 2.75) is 25.4 Å². The van der Waals surface area contributed by atoms with Gasteiger partial charge in [-0.2, -0.15) is 0 Å². The first-order valence-electron chi connectivity index (χ1n) is 5.80. The molecule has 2 heteroatoms. The first-order valence-corrected chi connectivity index (χ1v) is 5.80. The van der Waals surface area contributed by atoms with E-state index in [9.17, 15) is 0 Å². The maximum atomic E-state index is 5.96. The van der Waals surface area contributed by atoms with Gasteiger partial charge in [0, 0.05) is 6.21 Å². The van der Waals surface area contributed by atoms with Crippen molar-refractivity contribution in [2.24, 2.45) is 16.6 Å². The fourth-order valence-corrected chi connectivity index (χ4v) is 1.80. The van der Waals surface area contributed by atoms with E-state index >= 15 is 0 Å². The zero-order valence-electron chi connectivity index (χ0n) is 9.47. The van der Waals surface area contributed by atoms with Gasteiger partial charge >= 0.3 is 0 Å². The Hall–Kier alpha value is -1.41. The number of benzene rings is 1. The van der Waals surface area contributed by atoms with Crippen LogP contribution in [0.5, 0.6) is 0 Å². The van der Waals surface area contributed by atoms with Crippen LogP contribution in [-0.2, 0) is 0 Å². The summed E-state index contributed by atoms with van der Waals surface area (Å²) in [6.45, 7) is 4.04. The highest BCUT2D eigenvalue weighted by Gasteiger charge is 2.19. The summed E-state index contributed by atoms with van der Waals surface area (Å²) in [5.74, 6) is 0.645. The Labute approximate surface area is 96.9 Å². The summed E-state index contributed by atoms with van der Waals surface area (Å²) in [6.07, 6.45) is 5.42. The van der Waals surface area contributed by atoms with Crippen molar-refractivity contribution < 1.29 is 0 Å². The lowest BCUT2D eigenvalue weighted by atomic mass is 9.81. The summed E-state index contributed by atoms with van der Waals surface area (Å²) >= 11 is 0. The molecular weight excluding hydrogens is 196 g/mol. The SMILES string of the molecule is C=C(/C=N/C(N)c1ccccc1)C1CCC1. The smallest absolute Gasteiger partial charge is 0.123 e. The monoisotopic (exact) mass is 214 g/mol. The van der Waals surface area contributed by atoms with Crippen molar-refractivity contribution in [3.63, 3.8) is 0 Å². The van der Waals surface area contributed by atoms with E-state index in [0.29, 0.717) is 5.92 Å². The van der Waals surface area contributed by atoms with Crippen molar-refractivity contribution in [3.05, 3.63) is 48.0 Å². The Balaban J connectivity index is 1.93. The molecule has 0 amide bonds. The Morgan fingerprint density at radius 1 is 1.38 bits per heavy atom. The second kappa shape index (κ2) is 5.08. The minimum atomic E-state index is -0.266. The van der Waals surface area contributed by atoms with Crippen LogP contribution in [0.2, 0.25) is 0 Å². The van der Waals surface area contributed by atoms with Crippen LogP contribution in [0.15, 0.2) is 47.5 Å². The summed E-state index contributed by atoms with van der Waals surface area (Å²) < 4.78 is 0. The van der Waals surface area contributed by atoms with Crippen LogP contribution in [0, 0.1) is 5.92 Å². The van der Waals surface area contributed by atoms with Crippen LogP contribution in [0.3, 0.4) is 0 Å². The van der Waals surface area contributed by atoms with Crippen molar-refractivity contribution >= 4 is 6.21 Å². The standard InChI is InChI=1S/C14H18N2/c1-11(12-8-5-9-12)10-16-14(15)13-6-3-2-4-7-13/h2-4,6-7,10,12,14H,1,5,8-9,15H2/b16-10+. The molecule has 1 saturated carbocycles. The third kappa shape index (κ3) is 2.58. The second-order valence-electron chi connectivity index (χ2n) is 4.34. The normalized spacial score (nSPS) is 18.3. The molecule has 84 valence electrons. The van der Waals surface area contributed by atoms with Crippen LogP contribution in [-0.4, -0.2) is 6.21 Å². The Morgan fingerprint density at radius 3 is 2.62 bits per heavy atom. The Bertz CT molecular complexity index is 377. The molecule has 0 aliphatic heterocycles. The third-order valence-corrected chi connectivity index (χ3v) is 3.17. The average molecular weight is 214 g/mol. The van der Waals surface area contributed by atoms with E-state index < -0.39 is 0 Å². The number of rotatable bonds is 4. The zero-order chi connectivity index (χ0) is 11.4. The van der Waals surface area contributed by atoms with E-state index in [1.807, 2.05) is 36.5 Å². The van der Waals surface area contributed by atoms with Crippen LogP contribution >= 0.6 is 0 Å². The molecule has 1 aliphatic rings. The quantitative estimate of drug-likeness (QED) is 0.768. The van der Waals surface area contributed by atoms with Gasteiger partial charge in [0.05, 0.1) is 0 Å². The number of nitrogens with zero attached hydrogens (tertiary/aromatic N) is 1. The molecule has 1 atom stereocenters. The van der Waals surface area contributed by atoms with Crippen molar-refractivity contribution in [2.75, 3.05) is 0 Å². The van der Waals surface area contributed by atoms with E-state index in [1.165, 1.54) is 19.3 Å². The van der Waals surface area contributed by atoms with Gasteiger partial charge in [0.15, 0.2) is 0 Å². The molecule has 0 spiro atoms. The Morgan fingerprint density at radius 2 is 2.06 bits per heavy atom. The average Bonchev–Trinajstić information content (AvgIpc) is 2.25. The lowest BCUT2D eigenvalue weighted by Crippen LogP contribution is -2.15. The first kappa shape index (κ1) is 11.1. The van der Waals surface area contributed by atoms with Gasteiger partial charge in [-0.15, -0.1) is 0 Å². The van der Waals surface area contributed by atoms with Crippen molar-refractivity contribution in [1.29, 1.82) is 0 Å². The van der Waals surface area contributed by atoms with Gasteiger partial charge in [-0.25, -0.2) is 0 Å². The summed E-state index contributed by atoms with van der Waals surface area (Å²) in [7, 11) is 0. The highest BCUT2D eigenvalue weighted by molar-refractivity contribution is 5.78. The van der Waals surface area contributed by atoms with Gasteiger partial charge in [0.1, 0.15) is 6.17 Å². The van der Waals surface area contributed by atoms with Crippen molar-refractivity contribution in [3.8, 4) is 0 Å². The molecule has 0 heterocycles. The van der Waals surface area contributed by atoms with Crippen LogP contribution < -0.4 is 5.73 Å². The van der Waals surface area contributed by atoms with E-state index in [0.717, 1.165) is 11.1 Å². The molecule has 0 radical (unpaired) electrons. The van der Waals surface area contributed by atoms with Gasteiger partial charge in [-0.1, -0.05) is 43.3 Å². The van der Waals surface area contributed by atoms with Crippen molar-refractivity contribution in [1.82, 2.24) is 0 Å². The molecule has 1 aromatic rings. The van der Waals surface area contributed by atoms with Gasteiger partial charge in [0.25, 0.3) is 0 Å². The number of aliphatic imine (C=N–C) groups is 1. The minimum Gasteiger partial charge on any atom is -0.306 e. The first-order chi connectivity index (χ1) is 7.77. The minimum absolute atomic E-state index is 0.266. The number of hydrogen-bond donors (Lipinski definition) is 1. The topological polar surface area (TPSA) is 38.4 Å². The molecule has 0 saturated heterocycles. The lowest BCUT2D eigenvalue weighted by molar-refractivity contribution is 0.379. The molecule has 1 aliphatic carbocycles. The summed E-state index contributed by atoms with van der Waals surface area (Å²) in [5.41, 5.74) is 8.13. The van der Waals surface area contributed by atoms with Crippen LogP contribution in [0.25, 0.3) is 0 Å². The van der Waals surface area contributed by atoms with Crippen LogP contribution in [0.4, 0.5) is 0 Å². The molecule has 2 rings (SSSR count). The predicted molar refractivity (Wildman–Crippen MR) is 68.3 cm³/mol. The van der Waals surface area contributed by atoms with Gasteiger partial charge in [-0.05, 0) is 29.9 Å². The predicted octanol–water partition coefficient (Wildman–Crippen LogP) is 3.07. The van der Waals surface area contributed by atoms with E-state index in [1.54, 1.807) is 0 Å². The van der Waals surface area contributed by atoms with E-state index in [-0.39, 0.29) is 6.17 Å². The third-order valence-electron chi connectivity index (χ3n) is 3.17. The highest BCUT2D eigenvalue weighted by Crippen LogP contribution is 2.31. The molecule has 1 aromatic carbocycles. The lowest BCUT2D eigenvalue weighted by Gasteiger charge is -2.25. The maximum Gasteiger partial charge on any atom is 0.123 e. The van der Waals surface area contributed by atoms with Gasteiger partial charge in [-0.3, -0.25) is 4.99 Å². The molecule has 0 bridgehead atoms. The molecular formula is C14H18N2. The van der Waals surface area contributed by atoms with Crippen LogP contribution in [0.1, 0.15) is 31.0 Å². The molecule has 16 heavy (non-hydrogen) atoms. The zero-order valence-corrected chi connectivity index (χ0v) is 9.47. The van der Waals surface area contributed by atoms with Gasteiger partial charge in [0.2, 0.25) is 0 Å².